The average Bonchev–Trinajstić information content (AvgIpc) is 2.36. The average molecular weight is 306 g/mol. The van der Waals surface area contributed by atoms with Gasteiger partial charge >= 0.3 is 6.18 Å². The summed E-state index contributed by atoms with van der Waals surface area (Å²) in [7, 11) is 0. The largest absolute Gasteiger partial charge is 0.417 e. The van der Waals surface area contributed by atoms with E-state index in [0.717, 1.165) is 6.07 Å². The Bertz CT molecular complexity index is 501. The summed E-state index contributed by atoms with van der Waals surface area (Å²) in [4.78, 5) is 0.654. The molecule has 0 radical (unpaired) electrons. The second kappa shape index (κ2) is 6.39. The third kappa shape index (κ3) is 4.06. The molecule has 0 fully saturated rings. The number of nitrogens with zero attached hydrogens (tertiary/aromatic N) is 1. The number of oxime groups is 1. The molecule has 0 amide bonds. The molecule has 1 rings (SSSR count). The summed E-state index contributed by atoms with van der Waals surface area (Å²) in [5, 5.41) is 11.5. The van der Waals surface area contributed by atoms with E-state index in [0.29, 0.717) is 10.8 Å². The van der Waals surface area contributed by atoms with Crippen molar-refractivity contribution in [2.75, 3.05) is 0 Å². The van der Waals surface area contributed by atoms with E-state index in [-0.39, 0.29) is 10.8 Å². The minimum atomic E-state index is -4.54. The number of alkyl halides is 3. The van der Waals surface area contributed by atoms with Gasteiger partial charge in [-0.2, -0.15) is 13.2 Å². The van der Waals surface area contributed by atoms with Crippen LogP contribution in [0, 0.1) is 5.92 Å². The Morgan fingerprint density at radius 2 is 1.90 bits per heavy atom. The van der Waals surface area contributed by atoms with E-state index < -0.39 is 17.6 Å². The third-order valence-electron chi connectivity index (χ3n) is 2.94. The molecule has 1 unspecified atom stereocenters. The molecule has 1 aromatic rings. The van der Waals surface area contributed by atoms with Crippen LogP contribution in [0.15, 0.2) is 28.3 Å². The SMILES string of the molecule is CC(C)C(C)Sc1ccc(C(F)(F)F)c(/C(N)=N/O)c1. The highest BCUT2D eigenvalue weighted by Crippen LogP contribution is 2.35. The molecule has 0 aromatic heterocycles. The summed E-state index contributed by atoms with van der Waals surface area (Å²) in [6.07, 6.45) is -4.54. The molecule has 0 aliphatic rings. The number of hydrogen-bond acceptors (Lipinski definition) is 3. The molecule has 3 N–H and O–H groups in total. The molecule has 0 spiro atoms. The van der Waals surface area contributed by atoms with Crippen molar-refractivity contribution in [3.05, 3.63) is 29.3 Å². The van der Waals surface area contributed by atoms with Gasteiger partial charge in [0.25, 0.3) is 0 Å². The van der Waals surface area contributed by atoms with E-state index in [4.69, 9.17) is 10.9 Å². The second-order valence-corrected chi connectivity index (χ2v) is 6.21. The van der Waals surface area contributed by atoms with Crippen LogP contribution in [0.3, 0.4) is 0 Å². The molecule has 1 atom stereocenters. The zero-order valence-electron chi connectivity index (χ0n) is 11.4. The van der Waals surface area contributed by atoms with Crippen LogP contribution in [0.4, 0.5) is 13.2 Å². The van der Waals surface area contributed by atoms with Crippen LogP contribution in [-0.2, 0) is 6.18 Å². The Morgan fingerprint density at radius 3 is 2.35 bits per heavy atom. The molecule has 0 aliphatic carbocycles. The van der Waals surface area contributed by atoms with Gasteiger partial charge in [0.05, 0.1) is 5.56 Å². The van der Waals surface area contributed by atoms with Crippen LogP contribution in [0.2, 0.25) is 0 Å². The zero-order valence-corrected chi connectivity index (χ0v) is 12.2. The van der Waals surface area contributed by atoms with Gasteiger partial charge in [0.15, 0.2) is 5.84 Å². The summed E-state index contributed by atoms with van der Waals surface area (Å²) >= 11 is 1.45. The van der Waals surface area contributed by atoms with Gasteiger partial charge < -0.3 is 10.9 Å². The third-order valence-corrected chi connectivity index (χ3v) is 4.38. The van der Waals surface area contributed by atoms with Crippen LogP contribution in [0.25, 0.3) is 0 Å². The molecule has 112 valence electrons. The van der Waals surface area contributed by atoms with Crippen molar-refractivity contribution >= 4 is 17.6 Å². The van der Waals surface area contributed by atoms with E-state index in [2.05, 4.69) is 5.16 Å². The van der Waals surface area contributed by atoms with Gasteiger partial charge in [-0.3, -0.25) is 0 Å². The van der Waals surface area contributed by atoms with Crippen molar-refractivity contribution in [3.8, 4) is 0 Å². The van der Waals surface area contributed by atoms with Crippen molar-refractivity contribution in [3.63, 3.8) is 0 Å². The van der Waals surface area contributed by atoms with Crippen LogP contribution < -0.4 is 5.73 Å². The van der Waals surface area contributed by atoms with Crippen LogP contribution >= 0.6 is 11.8 Å². The van der Waals surface area contributed by atoms with Gasteiger partial charge in [-0.05, 0) is 24.1 Å². The molecule has 3 nitrogen and oxygen atoms in total. The number of hydrogen-bond donors (Lipinski definition) is 2. The fourth-order valence-electron chi connectivity index (χ4n) is 1.46. The van der Waals surface area contributed by atoms with E-state index in [1.807, 2.05) is 20.8 Å². The number of benzene rings is 1. The Hall–Kier alpha value is -1.37. The van der Waals surface area contributed by atoms with E-state index >= 15 is 0 Å². The molecule has 0 bridgehead atoms. The predicted molar refractivity (Wildman–Crippen MR) is 74.1 cm³/mol. The fraction of sp³-hybridized carbons (Fsp3) is 0.462. The molecule has 20 heavy (non-hydrogen) atoms. The Morgan fingerprint density at radius 1 is 1.30 bits per heavy atom. The summed E-state index contributed by atoms with van der Waals surface area (Å²) in [6, 6.07) is 3.67. The summed E-state index contributed by atoms with van der Waals surface area (Å²) < 4.78 is 38.6. The molecule has 0 aliphatic heterocycles. The van der Waals surface area contributed by atoms with Crippen LogP contribution in [0.5, 0.6) is 0 Å². The van der Waals surface area contributed by atoms with E-state index in [9.17, 15) is 13.2 Å². The lowest BCUT2D eigenvalue weighted by Gasteiger charge is -2.17. The van der Waals surface area contributed by atoms with Gasteiger partial charge in [0.2, 0.25) is 0 Å². The normalized spacial score (nSPS) is 14.7. The number of halogens is 3. The molecule has 0 saturated heterocycles. The number of nitrogens with two attached hydrogens (primary N) is 1. The number of amidine groups is 1. The van der Waals surface area contributed by atoms with Crippen molar-refractivity contribution in [1.82, 2.24) is 0 Å². The zero-order chi connectivity index (χ0) is 15.5. The van der Waals surface area contributed by atoms with Gasteiger partial charge in [0, 0.05) is 15.7 Å². The maximum atomic E-state index is 12.9. The highest BCUT2D eigenvalue weighted by Gasteiger charge is 2.34. The van der Waals surface area contributed by atoms with Crippen molar-refractivity contribution in [1.29, 1.82) is 0 Å². The molecule has 0 heterocycles. The molecular weight excluding hydrogens is 289 g/mol. The first-order valence-corrected chi connectivity index (χ1v) is 6.90. The van der Waals surface area contributed by atoms with Gasteiger partial charge in [-0.15, -0.1) is 11.8 Å². The monoisotopic (exact) mass is 306 g/mol. The van der Waals surface area contributed by atoms with Gasteiger partial charge in [-0.1, -0.05) is 25.9 Å². The molecule has 7 heteroatoms. The standard InChI is InChI=1S/C13H17F3N2OS/c1-7(2)8(3)20-9-4-5-11(13(14,15)16)10(6-9)12(17)18-19/h4-8,19H,1-3H3,(H2,17,18). The smallest absolute Gasteiger partial charge is 0.409 e. The van der Waals surface area contributed by atoms with E-state index in [1.165, 1.54) is 23.9 Å². The minimum Gasteiger partial charge on any atom is -0.409 e. The summed E-state index contributed by atoms with van der Waals surface area (Å²) in [5.74, 6) is -0.161. The maximum absolute atomic E-state index is 12.9. The van der Waals surface area contributed by atoms with Crippen molar-refractivity contribution in [2.24, 2.45) is 16.8 Å². The quantitative estimate of drug-likeness (QED) is 0.291. The second-order valence-electron chi connectivity index (χ2n) is 4.76. The summed E-state index contributed by atoms with van der Waals surface area (Å²) in [6.45, 7) is 6.06. The highest BCUT2D eigenvalue weighted by molar-refractivity contribution is 8.00. The predicted octanol–water partition coefficient (Wildman–Crippen LogP) is 3.94. The lowest BCUT2D eigenvalue weighted by Crippen LogP contribution is -2.20. The van der Waals surface area contributed by atoms with Crippen molar-refractivity contribution < 1.29 is 18.4 Å². The first-order valence-electron chi connectivity index (χ1n) is 6.02. The number of rotatable bonds is 4. The first-order chi connectivity index (χ1) is 9.16. The molecule has 0 saturated carbocycles. The maximum Gasteiger partial charge on any atom is 0.417 e. The van der Waals surface area contributed by atoms with Crippen molar-refractivity contribution in [2.45, 2.75) is 37.1 Å². The minimum absolute atomic E-state index is 0.242. The summed E-state index contributed by atoms with van der Waals surface area (Å²) in [5.41, 5.74) is 4.13. The lowest BCUT2D eigenvalue weighted by atomic mass is 10.1. The lowest BCUT2D eigenvalue weighted by molar-refractivity contribution is -0.137. The topological polar surface area (TPSA) is 58.6 Å². The fourth-order valence-corrected chi connectivity index (χ4v) is 2.49. The molecule has 1 aromatic carbocycles. The van der Waals surface area contributed by atoms with Gasteiger partial charge in [-0.25, -0.2) is 0 Å². The molecular formula is C13H17F3N2OS. The van der Waals surface area contributed by atoms with Crippen LogP contribution in [0.1, 0.15) is 31.9 Å². The Labute approximate surface area is 120 Å². The van der Waals surface area contributed by atoms with Crippen LogP contribution in [-0.4, -0.2) is 16.3 Å². The number of thioether (sulfide) groups is 1. The Balaban J connectivity index is 3.22. The highest BCUT2D eigenvalue weighted by atomic mass is 32.2. The Kier molecular flexibility index (Phi) is 5.33. The van der Waals surface area contributed by atoms with Gasteiger partial charge in [0.1, 0.15) is 0 Å². The van der Waals surface area contributed by atoms with E-state index in [1.54, 1.807) is 0 Å². The first kappa shape index (κ1) is 16.7.